The molecule has 0 aliphatic heterocycles. The summed E-state index contributed by atoms with van der Waals surface area (Å²) in [4.78, 5) is 0. The standard InChI is InChI=1S/C9H23N5/c1-7(10)4-5-14-9(13-3)8(11)6-12-2/h6-7,9,12-14H,4-5,10-11H2,1-3H3/b8-6+. The second-order valence-corrected chi connectivity index (χ2v) is 3.37. The van der Waals surface area contributed by atoms with Gasteiger partial charge in [-0.2, -0.15) is 0 Å². The number of likely N-dealkylation sites (N-methyl/N-ethyl adjacent to an activating group) is 1. The van der Waals surface area contributed by atoms with Gasteiger partial charge in [0.25, 0.3) is 0 Å². The van der Waals surface area contributed by atoms with Crippen LogP contribution in [0.4, 0.5) is 0 Å². The predicted octanol–water partition coefficient (Wildman–Crippen LogP) is -1.12. The first kappa shape index (κ1) is 13.2. The molecule has 2 unspecified atom stereocenters. The fraction of sp³-hybridized carbons (Fsp3) is 0.778. The van der Waals surface area contributed by atoms with Crippen LogP contribution in [0, 0.1) is 0 Å². The number of hydrogen-bond acceptors (Lipinski definition) is 5. The fourth-order valence-corrected chi connectivity index (χ4v) is 1.09. The van der Waals surface area contributed by atoms with E-state index in [1.54, 1.807) is 6.20 Å². The largest absolute Gasteiger partial charge is 0.398 e. The smallest absolute Gasteiger partial charge is 0.0995 e. The van der Waals surface area contributed by atoms with Crippen molar-refractivity contribution in [3.8, 4) is 0 Å². The molecule has 0 saturated carbocycles. The Kier molecular flexibility index (Phi) is 7.18. The van der Waals surface area contributed by atoms with Crippen molar-refractivity contribution in [3.63, 3.8) is 0 Å². The summed E-state index contributed by atoms with van der Waals surface area (Å²) in [7, 11) is 3.68. The van der Waals surface area contributed by atoms with Gasteiger partial charge < -0.3 is 16.8 Å². The molecule has 7 N–H and O–H groups in total. The predicted molar refractivity (Wildman–Crippen MR) is 60.4 cm³/mol. The molecule has 2 atom stereocenters. The maximum atomic E-state index is 5.80. The quantitative estimate of drug-likeness (QED) is 0.337. The summed E-state index contributed by atoms with van der Waals surface area (Å²) in [6, 6.07) is 0.217. The van der Waals surface area contributed by atoms with Gasteiger partial charge in [-0.15, -0.1) is 0 Å². The lowest BCUT2D eigenvalue weighted by molar-refractivity contribution is 0.482. The highest BCUT2D eigenvalue weighted by Crippen LogP contribution is 1.90. The van der Waals surface area contributed by atoms with E-state index in [4.69, 9.17) is 11.5 Å². The van der Waals surface area contributed by atoms with Crippen LogP contribution in [-0.4, -0.2) is 32.8 Å². The molecule has 0 heterocycles. The van der Waals surface area contributed by atoms with Crippen LogP contribution in [0.5, 0.6) is 0 Å². The van der Waals surface area contributed by atoms with E-state index in [2.05, 4.69) is 16.0 Å². The molecule has 5 nitrogen and oxygen atoms in total. The third kappa shape index (κ3) is 5.80. The minimum absolute atomic E-state index is 0.00111. The van der Waals surface area contributed by atoms with Gasteiger partial charge in [0.05, 0.1) is 11.9 Å². The zero-order chi connectivity index (χ0) is 11.0. The number of nitrogens with two attached hydrogens (primary N) is 2. The van der Waals surface area contributed by atoms with Gasteiger partial charge in [-0.3, -0.25) is 10.6 Å². The van der Waals surface area contributed by atoms with Crippen molar-refractivity contribution in [3.05, 3.63) is 11.9 Å². The first-order chi connectivity index (χ1) is 6.61. The van der Waals surface area contributed by atoms with Crippen LogP contribution in [0.1, 0.15) is 13.3 Å². The van der Waals surface area contributed by atoms with Gasteiger partial charge in [0.15, 0.2) is 0 Å². The first-order valence-electron chi connectivity index (χ1n) is 4.90. The van der Waals surface area contributed by atoms with Crippen molar-refractivity contribution in [2.24, 2.45) is 11.5 Å². The highest BCUT2D eigenvalue weighted by Gasteiger charge is 2.07. The van der Waals surface area contributed by atoms with E-state index in [1.807, 2.05) is 21.0 Å². The Bertz CT molecular complexity index is 167. The Balaban J connectivity index is 3.85. The molecule has 0 fully saturated rings. The number of hydrogen-bond donors (Lipinski definition) is 5. The molecular formula is C9H23N5. The van der Waals surface area contributed by atoms with E-state index in [-0.39, 0.29) is 12.2 Å². The van der Waals surface area contributed by atoms with Crippen molar-refractivity contribution in [2.45, 2.75) is 25.6 Å². The molecule has 84 valence electrons. The van der Waals surface area contributed by atoms with E-state index in [1.165, 1.54) is 0 Å². The summed E-state index contributed by atoms with van der Waals surface area (Å²) >= 11 is 0. The molecule has 0 aliphatic carbocycles. The van der Waals surface area contributed by atoms with Gasteiger partial charge in [0.2, 0.25) is 0 Å². The maximum absolute atomic E-state index is 5.80. The van der Waals surface area contributed by atoms with Gasteiger partial charge in [-0.1, -0.05) is 0 Å². The van der Waals surface area contributed by atoms with E-state index < -0.39 is 0 Å². The molecule has 5 heteroatoms. The van der Waals surface area contributed by atoms with Crippen molar-refractivity contribution < 1.29 is 0 Å². The lowest BCUT2D eigenvalue weighted by Gasteiger charge is -2.19. The van der Waals surface area contributed by atoms with Crippen molar-refractivity contribution in [1.82, 2.24) is 16.0 Å². The molecule has 0 aliphatic rings. The Labute approximate surface area is 86.3 Å². The maximum Gasteiger partial charge on any atom is 0.0995 e. The van der Waals surface area contributed by atoms with Gasteiger partial charge in [0, 0.05) is 19.3 Å². The zero-order valence-corrected chi connectivity index (χ0v) is 9.30. The average molecular weight is 201 g/mol. The summed E-state index contributed by atoms with van der Waals surface area (Å²) in [6.07, 6.45) is 2.70. The summed E-state index contributed by atoms with van der Waals surface area (Å²) in [5.41, 5.74) is 12.2. The average Bonchev–Trinajstić information content (AvgIpc) is 2.12. The summed E-state index contributed by atoms with van der Waals surface area (Å²) < 4.78 is 0. The Morgan fingerprint density at radius 1 is 1.43 bits per heavy atom. The van der Waals surface area contributed by atoms with E-state index in [0.717, 1.165) is 18.7 Å². The zero-order valence-electron chi connectivity index (χ0n) is 9.30. The summed E-state index contributed by atoms with van der Waals surface area (Å²) in [5, 5.41) is 9.23. The van der Waals surface area contributed by atoms with E-state index >= 15 is 0 Å². The molecule has 0 saturated heterocycles. The Morgan fingerprint density at radius 2 is 2.07 bits per heavy atom. The summed E-state index contributed by atoms with van der Waals surface area (Å²) in [5.74, 6) is 0. The van der Waals surface area contributed by atoms with Crippen LogP contribution in [0.25, 0.3) is 0 Å². The Hall–Kier alpha value is -0.780. The monoisotopic (exact) mass is 201 g/mol. The molecule has 0 aromatic rings. The minimum Gasteiger partial charge on any atom is -0.398 e. The molecule has 0 bridgehead atoms. The normalized spacial score (nSPS) is 16.4. The minimum atomic E-state index is 0.00111. The first-order valence-corrected chi connectivity index (χ1v) is 4.90. The number of rotatable bonds is 7. The molecule has 0 spiro atoms. The highest BCUT2D eigenvalue weighted by molar-refractivity contribution is 5.03. The van der Waals surface area contributed by atoms with Crippen LogP contribution in [0.15, 0.2) is 11.9 Å². The molecule has 0 aromatic heterocycles. The van der Waals surface area contributed by atoms with Crippen molar-refractivity contribution in [2.75, 3.05) is 20.6 Å². The molecule has 0 amide bonds. The van der Waals surface area contributed by atoms with Crippen LogP contribution >= 0.6 is 0 Å². The molecule has 0 aromatic carbocycles. The molecular weight excluding hydrogens is 178 g/mol. The SMILES string of the molecule is CN/C=C(/N)C(NC)NCCC(C)N. The second-order valence-electron chi connectivity index (χ2n) is 3.37. The lowest BCUT2D eigenvalue weighted by atomic mass is 10.2. The summed E-state index contributed by atoms with van der Waals surface area (Å²) in [6.45, 7) is 2.84. The van der Waals surface area contributed by atoms with E-state index in [0.29, 0.717) is 0 Å². The topological polar surface area (TPSA) is 88.1 Å². The molecule has 0 rings (SSSR count). The van der Waals surface area contributed by atoms with Gasteiger partial charge in [-0.05, 0) is 26.9 Å². The van der Waals surface area contributed by atoms with E-state index in [9.17, 15) is 0 Å². The highest BCUT2D eigenvalue weighted by atomic mass is 15.1. The molecule has 14 heavy (non-hydrogen) atoms. The third-order valence-corrected chi connectivity index (χ3v) is 1.88. The van der Waals surface area contributed by atoms with Gasteiger partial charge in [-0.25, -0.2) is 0 Å². The van der Waals surface area contributed by atoms with Gasteiger partial charge >= 0.3 is 0 Å². The van der Waals surface area contributed by atoms with Gasteiger partial charge in [0.1, 0.15) is 0 Å². The van der Waals surface area contributed by atoms with Crippen LogP contribution in [0.2, 0.25) is 0 Å². The van der Waals surface area contributed by atoms with Crippen LogP contribution < -0.4 is 27.4 Å². The van der Waals surface area contributed by atoms with Crippen molar-refractivity contribution >= 4 is 0 Å². The van der Waals surface area contributed by atoms with Crippen LogP contribution in [-0.2, 0) is 0 Å². The Morgan fingerprint density at radius 3 is 2.50 bits per heavy atom. The second kappa shape index (κ2) is 7.61. The number of nitrogens with one attached hydrogen (secondary N) is 3. The molecule has 0 radical (unpaired) electrons. The fourth-order valence-electron chi connectivity index (χ4n) is 1.09. The lowest BCUT2D eigenvalue weighted by Crippen LogP contribution is -2.45. The third-order valence-electron chi connectivity index (χ3n) is 1.88. The van der Waals surface area contributed by atoms with Crippen LogP contribution in [0.3, 0.4) is 0 Å². The van der Waals surface area contributed by atoms with Crippen molar-refractivity contribution in [1.29, 1.82) is 0 Å².